The van der Waals surface area contributed by atoms with Crippen molar-refractivity contribution in [3.8, 4) is 0 Å². The molecule has 1 saturated carbocycles. The summed E-state index contributed by atoms with van der Waals surface area (Å²) in [5.41, 5.74) is 1.12. The minimum Gasteiger partial charge on any atom is -0.469 e. The van der Waals surface area contributed by atoms with Gasteiger partial charge in [0, 0.05) is 44.4 Å². The van der Waals surface area contributed by atoms with E-state index in [1.807, 2.05) is 36.3 Å². The summed E-state index contributed by atoms with van der Waals surface area (Å²) in [4.78, 5) is 7.14. The van der Waals surface area contributed by atoms with Crippen molar-refractivity contribution in [1.29, 1.82) is 0 Å². The van der Waals surface area contributed by atoms with Gasteiger partial charge in [-0.2, -0.15) is 5.10 Å². The summed E-state index contributed by atoms with van der Waals surface area (Å²) in [5.74, 6) is 1.97. The number of rotatable bonds is 5. The summed E-state index contributed by atoms with van der Waals surface area (Å²) in [6.45, 7) is 3.07. The van der Waals surface area contributed by atoms with Crippen LogP contribution < -0.4 is 5.32 Å². The smallest absolute Gasteiger partial charge is 0.194 e. The number of aromatic nitrogens is 2. The third kappa shape index (κ3) is 4.22. The van der Waals surface area contributed by atoms with E-state index in [9.17, 15) is 0 Å². The Hall–Kier alpha value is -2.28. The van der Waals surface area contributed by atoms with Crippen molar-refractivity contribution in [1.82, 2.24) is 20.0 Å². The molecule has 1 atom stereocenters. The van der Waals surface area contributed by atoms with E-state index >= 15 is 0 Å². The Kier molecular flexibility index (Phi) is 4.74. The number of nitrogens with one attached hydrogen (secondary N) is 1. The molecule has 25 heavy (non-hydrogen) atoms. The van der Waals surface area contributed by atoms with E-state index in [1.165, 1.54) is 12.8 Å². The van der Waals surface area contributed by atoms with Gasteiger partial charge in [0.25, 0.3) is 0 Å². The number of nitrogens with zero attached hydrogens (tertiary/aromatic N) is 4. The molecule has 0 radical (unpaired) electrons. The molecule has 0 amide bonds. The number of morpholine rings is 1. The number of hydrogen-bond donors (Lipinski definition) is 1. The predicted octanol–water partition coefficient (Wildman–Crippen LogP) is 1.74. The van der Waals surface area contributed by atoms with Gasteiger partial charge in [-0.25, -0.2) is 0 Å². The van der Waals surface area contributed by atoms with Gasteiger partial charge < -0.3 is 19.4 Å². The van der Waals surface area contributed by atoms with Crippen molar-refractivity contribution >= 4 is 5.96 Å². The molecule has 1 N–H and O–H groups in total. The van der Waals surface area contributed by atoms with Gasteiger partial charge in [-0.3, -0.25) is 9.67 Å². The molecule has 2 fully saturated rings. The van der Waals surface area contributed by atoms with Crippen LogP contribution in [0.1, 0.15) is 30.3 Å². The molecule has 2 aromatic heterocycles. The van der Waals surface area contributed by atoms with Crippen LogP contribution in [0.4, 0.5) is 0 Å². The van der Waals surface area contributed by atoms with Crippen LogP contribution in [0.25, 0.3) is 0 Å². The molecule has 1 saturated heterocycles. The fourth-order valence-corrected chi connectivity index (χ4v) is 3.02. The van der Waals surface area contributed by atoms with E-state index in [0.29, 0.717) is 12.6 Å². The third-order valence-corrected chi connectivity index (χ3v) is 4.57. The molecular weight excluding hydrogens is 318 g/mol. The third-order valence-electron chi connectivity index (χ3n) is 4.57. The molecule has 7 nitrogen and oxygen atoms in total. The number of ether oxygens (including phenoxy) is 1. The monoisotopic (exact) mass is 343 g/mol. The summed E-state index contributed by atoms with van der Waals surface area (Å²) in [5, 5.41) is 7.85. The molecular formula is C18H25N5O2. The van der Waals surface area contributed by atoms with Gasteiger partial charge in [0.05, 0.1) is 25.6 Å². The summed E-state index contributed by atoms with van der Waals surface area (Å²) in [7, 11) is 1.93. The highest BCUT2D eigenvalue weighted by Gasteiger charge is 2.29. The molecule has 1 aliphatic carbocycles. The summed E-state index contributed by atoms with van der Waals surface area (Å²) < 4.78 is 13.2. The highest BCUT2D eigenvalue weighted by atomic mass is 16.5. The number of aryl methyl sites for hydroxylation is 1. The van der Waals surface area contributed by atoms with Crippen molar-refractivity contribution in [3.05, 3.63) is 42.1 Å². The summed E-state index contributed by atoms with van der Waals surface area (Å²) >= 11 is 0. The SMILES string of the molecule is Cn1cc(C2CN(C(=NCCc3ccco3)NC3CC3)CCO2)cn1. The van der Waals surface area contributed by atoms with Gasteiger partial charge in [0.1, 0.15) is 11.9 Å². The Labute approximate surface area is 147 Å². The van der Waals surface area contributed by atoms with Crippen LogP contribution in [-0.2, 0) is 18.2 Å². The van der Waals surface area contributed by atoms with E-state index in [2.05, 4.69) is 15.3 Å². The number of aliphatic imine (C=N–C) groups is 1. The average Bonchev–Trinajstić information content (AvgIpc) is 3.09. The number of hydrogen-bond acceptors (Lipinski definition) is 4. The Morgan fingerprint density at radius 2 is 2.36 bits per heavy atom. The lowest BCUT2D eigenvalue weighted by molar-refractivity contribution is -0.00810. The highest BCUT2D eigenvalue weighted by molar-refractivity contribution is 5.80. The molecule has 134 valence electrons. The molecule has 3 heterocycles. The van der Waals surface area contributed by atoms with E-state index < -0.39 is 0 Å². The maximum Gasteiger partial charge on any atom is 0.194 e. The highest BCUT2D eigenvalue weighted by Crippen LogP contribution is 2.23. The molecule has 0 bridgehead atoms. The molecule has 1 unspecified atom stereocenters. The molecule has 7 heteroatoms. The normalized spacial score (nSPS) is 21.6. The van der Waals surface area contributed by atoms with Crippen molar-refractivity contribution in [2.75, 3.05) is 26.2 Å². The Morgan fingerprint density at radius 3 is 3.08 bits per heavy atom. The van der Waals surface area contributed by atoms with E-state index in [0.717, 1.165) is 43.3 Å². The minimum absolute atomic E-state index is 0.0405. The topological polar surface area (TPSA) is 67.8 Å². The first-order valence-corrected chi connectivity index (χ1v) is 8.96. The van der Waals surface area contributed by atoms with Crippen molar-refractivity contribution < 1.29 is 9.15 Å². The van der Waals surface area contributed by atoms with Crippen LogP contribution in [0.3, 0.4) is 0 Å². The zero-order valence-electron chi connectivity index (χ0n) is 14.6. The second-order valence-electron chi connectivity index (χ2n) is 6.71. The van der Waals surface area contributed by atoms with E-state index in [-0.39, 0.29) is 6.10 Å². The van der Waals surface area contributed by atoms with Crippen LogP contribution in [0, 0.1) is 0 Å². The van der Waals surface area contributed by atoms with Crippen molar-refractivity contribution in [2.45, 2.75) is 31.4 Å². The average molecular weight is 343 g/mol. The van der Waals surface area contributed by atoms with Gasteiger partial charge in [-0.15, -0.1) is 0 Å². The van der Waals surface area contributed by atoms with Crippen LogP contribution in [-0.4, -0.2) is 52.9 Å². The maximum atomic E-state index is 5.95. The molecule has 0 aromatic carbocycles. The second kappa shape index (κ2) is 7.31. The summed E-state index contributed by atoms with van der Waals surface area (Å²) in [6, 6.07) is 4.49. The van der Waals surface area contributed by atoms with E-state index in [1.54, 1.807) is 6.26 Å². The lowest BCUT2D eigenvalue weighted by atomic mass is 10.1. The van der Waals surface area contributed by atoms with Gasteiger partial charge in [-0.1, -0.05) is 0 Å². The molecule has 4 rings (SSSR count). The molecule has 1 aliphatic heterocycles. The molecule has 2 aromatic rings. The van der Waals surface area contributed by atoms with Gasteiger partial charge in [-0.05, 0) is 25.0 Å². The lowest BCUT2D eigenvalue weighted by Crippen LogP contribution is -2.48. The van der Waals surface area contributed by atoms with Crippen LogP contribution in [0.15, 0.2) is 40.2 Å². The van der Waals surface area contributed by atoms with Gasteiger partial charge in [0.15, 0.2) is 5.96 Å². The Bertz CT molecular complexity index is 705. The quantitative estimate of drug-likeness (QED) is 0.662. The van der Waals surface area contributed by atoms with Crippen LogP contribution >= 0.6 is 0 Å². The standard InChI is InChI=1S/C18H25N5O2/c1-22-12-14(11-20-22)17-13-23(8-10-25-17)18(21-15-4-5-15)19-7-6-16-3-2-9-24-16/h2-3,9,11-12,15,17H,4-8,10,13H2,1H3,(H,19,21). The molecule has 2 aliphatic rings. The van der Waals surface area contributed by atoms with Gasteiger partial charge >= 0.3 is 0 Å². The van der Waals surface area contributed by atoms with Gasteiger partial charge in [0.2, 0.25) is 0 Å². The zero-order valence-corrected chi connectivity index (χ0v) is 14.6. The first kappa shape index (κ1) is 16.2. The van der Waals surface area contributed by atoms with Crippen LogP contribution in [0.2, 0.25) is 0 Å². The van der Waals surface area contributed by atoms with Crippen molar-refractivity contribution in [2.24, 2.45) is 12.0 Å². The Morgan fingerprint density at radius 1 is 1.44 bits per heavy atom. The first-order valence-electron chi connectivity index (χ1n) is 8.96. The fraction of sp³-hybridized carbons (Fsp3) is 0.556. The predicted molar refractivity (Wildman–Crippen MR) is 94.3 cm³/mol. The largest absolute Gasteiger partial charge is 0.469 e. The Balaban J connectivity index is 1.42. The zero-order chi connectivity index (χ0) is 17.1. The van der Waals surface area contributed by atoms with Crippen LogP contribution in [0.5, 0.6) is 0 Å². The fourth-order valence-electron chi connectivity index (χ4n) is 3.02. The maximum absolute atomic E-state index is 5.95. The number of furan rings is 1. The van der Waals surface area contributed by atoms with E-state index in [4.69, 9.17) is 14.1 Å². The summed E-state index contributed by atoms with van der Waals surface area (Å²) in [6.07, 6.45) is 8.94. The first-order chi connectivity index (χ1) is 12.3. The lowest BCUT2D eigenvalue weighted by Gasteiger charge is -2.35. The second-order valence-corrected chi connectivity index (χ2v) is 6.71. The number of guanidine groups is 1. The van der Waals surface area contributed by atoms with Crippen molar-refractivity contribution in [3.63, 3.8) is 0 Å². The molecule has 0 spiro atoms. The minimum atomic E-state index is 0.0405.